The van der Waals surface area contributed by atoms with Crippen molar-refractivity contribution in [3.05, 3.63) is 60.2 Å². The zero-order chi connectivity index (χ0) is 14.5. The number of benzene rings is 2. The van der Waals surface area contributed by atoms with Crippen LogP contribution in [0.3, 0.4) is 0 Å². The Morgan fingerprint density at radius 1 is 1.05 bits per heavy atom. The van der Waals surface area contributed by atoms with E-state index >= 15 is 0 Å². The highest BCUT2D eigenvalue weighted by Crippen LogP contribution is 2.26. The molecular formula is C18H21NO2. The molecule has 0 saturated carbocycles. The summed E-state index contributed by atoms with van der Waals surface area (Å²) < 4.78 is 11.4. The molecule has 3 heteroatoms. The van der Waals surface area contributed by atoms with E-state index in [1.54, 1.807) is 0 Å². The lowest BCUT2D eigenvalue weighted by molar-refractivity contribution is 0.0983. The smallest absolute Gasteiger partial charge is 0.127 e. The van der Waals surface area contributed by atoms with Crippen molar-refractivity contribution in [3.63, 3.8) is 0 Å². The molecule has 2 unspecified atom stereocenters. The van der Waals surface area contributed by atoms with Crippen molar-refractivity contribution in [2.75, 3.05) is 6.61 Å². The monoisotopic (exact) mass is 283 g/mol. The Bertz CT molecular complexity index is 547. The van der Waals surface area contributed by atoms with E-state index in [2.05, 4.69) is 0 Å². The lowest BCUT2D eigenvalue weighted by atomic mass is 10.0. The molecule has 1 heterocycles. The van der Waals surface area contributed by atoms with E-state index < -0.39 is 0 Å². The van der Waals surface area contributed by atoms with Gasteiger partial charge in [0.15, 0.2) is 0 Å². The highest BCUT2D eigenvalue weighted by Gasteiger charge is 2.19. The number of rotatable bonds is 5. The van der Waals surface area contributed by atoms with Crippen LogP contribution in [-0.2, 0) is 4.74 Å². The average molecular weight is 283 g/mol. The second-order valence-electron chi connectivity index (χ2n) is 5.46. The van der Waals surface area contributed by atoms with Crippen molar-refractivity contribution in [3.8, 4) is 11.5 Å². The minimum absolute atomic E-state index is 0.0267. The number of ether oxygens (including phenoxy) is 2. The Morgan fingerprint density at radius 2 is 1.76 bits per heavy atom. The molecule has 0 aliphatic carbocycles. The first kappa shape index (κ1) is 14.1. The summed E-state index contributed by atoms with van der Waals surface area (Å²) in [6.07, 6.45) is 3.49. The zero-order valence-electron chi connectivity index (χ0n) is 12.1. The van der Waals surface area contributed by atoms with E-state index in [1.807, 2.05) is 54.6 Å². The summed E-state index contributed by atoms with van der Waals surface area (Å²) in [4.78, 5) is 0. The second-order valence-corrected chi connectivity index (χ2v) is 5.46. The van der Waals surface area contributed by atoms with Crippen molar-refractivity contribution in [2.24, 2.45) is 5.73 Å². The molecular weight excluding hydrogens is 262 g/mol. The van der Waals surface area contributed by atoms with Crippen LogP contribution in [0.5, 0.6) is 11.5 Å². The van der Waals surface area contributed by atoms with E-state index in [0.717, 1.165) is 42.9 Å². The van der Waals surface area contributed by atoms with Crippen LogP contribution in [0, 0.1) is 0 Å². The molecule has 3 rings (SSSR count). The molecule has 0 amide bonds. The molecule has 1 saturated heterocycles. The van der Waals surface area contributed by atoms with Crippen LogP contribution < -0.4 is 10.5 Å². The molecule has 1 aliphatic heterocycles. The molecule has 0 aromatic heterocycles. The first-order chi connectivity index (χ1) is 10.3. The van der Waals surface area contributed by atoms with Gasteiger partial charge in [-0.1, -0.05) is 30.3 Å². The molecule has 0 radical (unpaired) electrons. The van der Waals surface area contributed by atoms with Crippen LogP contribution in [0.25, 0.3) is 0 Å². The van der Waals surface area contributed by atoms with E-state index in [4.69, 9.17) is 15.2 Å². The normalized spacial score (nSPS) is 19.4. The van der Waals surface area contributed by atoms with E-state index in [0.29, 0.717) is 6.10 Å². The van der Waals surface area contributed by atoms with E-state index in [9.17, 15) is 0 Å². The molecule has 0 bridgehead atoms. The number of nitrogens with two attached hydrogens (primary N) is 1. The van der Waals surface area contributed by atoms with Gasteiger partial charge in [0.05, 0.1) is 6.10 Å². The van der Waals surface area contributed by atoms with Gasteiger partial charge in [0.25, 0.3) is 0 Å². The van der Waals surface area contributed by atoms with Crippen molar-refractivity contribution in [1.29, 1.82) is 0 Å². The topological polar surface area (TPSA) is 44.5 Å². The summed E-state index contributed by atoms with van der Waals surface area (Å²) >= 11 is 0. The molecule has 2 aromatic carbocycles. The number of hydrogen-bond acceptors (Lipinski definition) is 3. The predicted octanol–water partition coefficient (Wildman–Crippen LogP) is 4.05. The average Bonchev–Trinajstić information content (AvgIpc) is 3.02. The van der Waals surface area contributed by atoms with Gasteiger partial charge in [-0.2, -0.15) is 0 Å². The Kier molecular flexibility index (Phi) is 4.53. The molecule has 21 heavy (non-hydrogen) atoms. The molecule has 1 aliphatic rings. The Morgan fingerprint density at radius 3 is 2.43 bits per heavy atom. The SMILES string of the molecule is NC(CC1CCCO1)c1ccc(Oc2ccccc2)cc1. The Balaban J connectivity index is 1.60. The van der Waals surface area contributed by atoms with Crippen LogP contribution >= 0.6 is 0 Å². The van der Waals surface area contributed by atoms with E-state index in [1.165, 1.54) is 0 Å². The van der Waals surface area contributed by atoms with Gasteiger partial charge >= 0.3 is 0 Å². The van der Waals surface area contributed by atoms with Gasteiger partial charge in [-0.25, -0.2) is 0 Å². The van der Waals surface area contributed by atoms with Gasteiger partial charge in [0.2, 0.25) is 0 Å². The first-order valence-corrected chi connectivity index (χ1v) is 7.51. The zero-order valence-corrected chi connectivity index (χ0v) is 12.1. The Labute approximate surface area is 125 Å². The minimum atomic E-state index is 0.0267. The van der Waals surface area contributed by atoms with Crippen molar-refractivity contribution in [1.82, 2.24) is 0 Å². The molecule has 3 nitrogen and oxygen atoms in total. The van der Waals surface area contributed by atoms with Crippen LogP contribution in [0.1, 0.15) is 30.9 Å². The Hall–Kier alpha value is -1.84. The molecule has 110 valence electrons. The summed E-state index contributed by atoms with van der Waals surface area (Å²) in [7, 11) is 0. The van der Waals surface area contributed by atoms with Gasteiger partial charge < -0.3 is 15.2 Å². The fourth-order valence-corrected chi connectivity index (χ4v) is 2.66. The fraction of sp³-hybridized carbons (Fsp3) is 0.333. The van der Waals surface area contributed by atoms with Crippen molar-refractivity contribution >= 4 is 0 Å². The van der Waals surface area contributed by atoms with Crippen LogP contribution in [-0.4, -0.2) is 12.7 Å². The lowest BCUT2D eigenvalue weighted by Gasteiger charge is -2.17. The summed E-state index contributed by atoms with van der Waals surface area (Å²) in [5, 5.41) is 0. The maximum absolute atomic E-state index is 6.26. The molecule has 2 atom stereocenters. The maximum atomic E-state index is 6.26. The quantitative estimate of drug-likeness (QED) is 0.900. The third kappa shape index (κ3) is 3.84. The van der Waals surface area contributed by atoms with Gasteiger partial charge in [0.1, 0.15) is 11.5 Å². The number of hydrogen-bond donors (Lipinski definition) is 1. The molecule has 2 N–H and O–H groups in total. The first-order valence-electron chi connectivity index (χ1n) is 7.51. The van der Waals surface area contributed by atoms with Crippen LogP contribution in [0.2, 0.25) is 0 Å². The molecule has 0 spiro atoms. The second kappa shape index (κ2) is 6.74. The minimum Gasteiger partial charge on any atom is -0.457 e. The largest absolute Gasteiger partial charge is 0.457 e. The van der Waals surface area contributed by atoms with Gasteiger partial charge in [-0.3, -0.25) is 0 Å². The summed E-state index contributed by atoms with van der Waals surface area (Å²) in [6, 6.07) is 17.8. The fourth-order valence-electron chi connectivity index (χ4n) is 2.66. The standard InChI is InChI=1S/C18H21NO2/c19-18(13-17-7-4-12-20-17)14-8-10-16(11-9-14)21-15-5-2-1-3-6-15/h1-3,5-6,8-11,17-18H,4,7,12-13,19H2. The third-order valence-electron chi connectivity index (χ3n) is 3.83. The van der Waals surface area contributed by atoms with Crippen LogP contribution in [0.4, 0.5) is 0 Å². The lowest BCUT2D eigenvalue weighted by Crippen LogP contribution is -2.18. The highest BCUT2D eigenvalue weighted by atomic mass is 16.5. The van der Waals surface area contributed by atoms with Crippen molar-refractivity contribution in [2.45, 2.75) is 31.4 Å². The summed E-state index contributed by atoms with van der Waals surface area (Å²) in [5.74, 6) is 1.67. The predicted molar refractivity (Wildman–Crippen MR) is 83.5 cm³/mol. The third-order valence-corrected chi connectivity index (χ3v) is 3.83. The van der Waals surface area contributed by atoms with Gasteiger partial charge in [0, 0.05) is 12.6 Å². The molecule has 2 aromatic rings. The van der Waals surface area contributed by atoms with Gasteiger partial charge in [-0.15, -0.1) is 0 Å². The number of para-hydroxylation sites is 1. The van der Waals surface area contributed by atoms with Crippen LogP contribution in [0.15, 0.2) is 54.6 Å². The maximum Gasteiger partial charge on any atom is 0.127 e. The summed E-state index contributed by atoms with van der Waals surface area (Å²) in [6.45, 7) is 0.876. The summed E-state index contributed by atoms with van der Waals surface area (Å²) in [5.41, 5.74) is 7.39. The molecule has 1 fully saturated rings. The van der Waals surface area contributed by atoms with Gasteiger partial charge in [-0.05, 0) is 49.1 Å². The highest BCUT2D eigenvalue weighted by molar-refractivity contribution is 5.33. The van der Waals surface area contributed by atoms with Crippen molar-refractivity contribution < 1.29 is 9.47 Å². The van der Waals surface area contributed by atoms with E-state index in [-0.39, 0.29) is 6.04 Å².